The molecule has 0 aliphatic heterocycles. The Morgan fingerprint density at radius 1 is 0.392 bits per heavy atom. The summed E-state index contributed by atoms with van der Waals surface area (Å²) < 4.78 is 49.8. The number of benzene rings is 8. The van der Waals surface area contributed by atoms with E-state index in [1.807, 2.05) is 66.7 Å². The summed E-state index contributed by atoms with van der Waals surface area (Å²) >= 11 is 0. The number of halogens is 3. The van der Waals surface area contributed by atoms with Crippen molar-refractivity contribution in [3.63, 3.8) is 0 Å². The van der Waals surface area contributed by atoms with Crippen molar-refractivity contribution in [2.75, 3.05) is 4.90 Å². The monoisotopic (exact) mass is 667 g/mol. The van der Waals surface area contributed by atoms with Crippen LogP contribution in [0.25, 0.3) is 66.1 Å². The first-order valence-electron chi connectivity index (χ1n) is 16.7. The highest BCUT2D eigenvalue weighted by Gasteiger charge is 2.23. The molecule has 0 atom stereocenters. The van der Waals surface area contributed by atoms with Crippen LogP contribution in [0.15, 0.2) is 174 Å². The molecule has 2 nitrogen and oxygen atoms in total. The van der Waals surface area contributed by atoms with Crippen LogP contribution in [0.2, 0.25) is 0 Å². The zero-order valence-electron chi connectivity index (χ0n) is 27.2. The van der Waals surface area contributed by atoms with E-state index in [4.69, 9.17) is 4.42 Å². The topological polar surface area (TPSA) is 16.4 Å². The number of nitrogens with zero attached hydrogens (tertiary/aromatic N) is 1. The Labute approximate surface area is 292 Å². The molecule has 0 amide bonds. The second kappa shape index (κ2) is 12.4. The van der Waals surface area contributed by atoms with Gasteiger partial charge in [-0.1, -0.05) is 121 Å². The summed E-state index contributed by atoms with van der Waals surface area (Å²) in [5, 5.41) is 5.55. The van der Waals surface area contributed by atoms with Gasteiger partial charge in [0.15, 0.2) is 0 Å². The minimum Gasteiger partial charge on any atom is -0.455 e. The van der Waals surface area contributed by atoms with Gasteiger partial charge in [0, 0.05) is 51.1 Å². The predicted molar refractivity (Wildman–Crippen MR) is 202 cm³/mol. The molecule has 5 heteroatoms. The number of para-hydroxylation sites is 1. The van der Waals surface area contributed by atoms with Crippen LogP contribution < -0.4 is 4.90 Å². The van der Waals surface area contributed by atoms with Gasteiger partial charge in [0.05, 0.1) is 5.56 Å². The molecule has 0 fully saturated rings. The van der Waals surface area contributed by atoms with Gasteiger partial charge >= 0.3 is 0 Å². The fourth-order valence-corrected chi connectivity index (χ4v) is 7.19. The fraction of sp³-hybridized carbons (Fsp3) is 0. The van der Waals surface area contributed by atoms with Crippen molar-refractivity contribution < 1.29 is 17.6 Å². The highest BCUT2D eigenvalue weighted by Crippen LogP contribution is 2.48. The van der Waals surface area contributed by atoms with E-state index in [1.54, 1.807) is 12.1 Å². The molecule has 0 spiro atoms. The van der Waals surface area contributed by atoms with E-state index in [0.29, 0.717) is 17.7 Å². The number of anilines is 3. The van der Waals surface area contributed by atoms with Gasteiger partial charge < -0.3 is 9.32 Å². The minimum atomic E-state index is -0.954. The Morgan fingerprint density at radius 2 is 0.843 bits per heavy atom. The quantitative estimate of drug-likeness (QED) is 0.164. The van der Waals surface area contributed by atoms with Gasteiger partial charge in [0.2, 0.25) is 0 Å². The molecule has 0 aliphatic rings. The Kier molecular flexibility index (Phi) is 7.40. The van der Waals surface area contributed by atoms with Crippen LogP contribution in [0.5, 0.6) is 0 Å². The van der Waals surface area contributed by atoms with Crippen molar-refractivity contribution in [1.82, 2.24) is 0 Å². The van der Waals surface area contributed by atoms with Crippen LogP contribution in [-0.4, -0.2) is 0 Å². The second-order valence-electron chi connectivity index (χ2n) is 12.5. The average molecular weight is 668 g/mol. The van der Waals surface area contributed by atoms with E-state index in [2.05, 4.69) is 83.8 Å². The molecular weight excluding hydrogens is 640 g/mol. The molecule has 0 saturated heterocycles. The summed E-state index contributed by atoms with van der Waals surface area (Å²) in [6.07, 6.45) is 0. The van der Waals surface area contributed by atoms with Gasteiger partial charge in [-0.25, -0.2) is 13.2 Å². The lowest BCUT2D eigenvalue weighted by Crippen LogP contribution is -2.09. The average Bonchev–Trinajstić information content (AvgIpc) is 3.58. The van der Waals surface area contributed by atoms with E-state index in [1.165, 1.54) is 0 Å². The number of furan rings is 1. The molecule has 0 unspecified atom stereocenters. The third-order valence-corrected chi connectivity index (χ3v) is 9.45. The maximum atomic E-state index is 14.6. The van der Waals surface area contributed by atoms with Gasteiger partial charge in [0.1, 0.15) is 28.8 Å². The normalized spacial score (nSPS) is 11.4. The molecule has 51 heavy (non-hydrogen) atoms. The summed E-state index contributed by atoms with van der Waals surface area (Å²) in [5.74, 6) is -2.04. The third-order valence-electron chi connectivity index (χ3n) is 9.45. The third kappa shape index (κ3) is 5.22. The zero-order chi connectivity index (χ0) is 34.5. The van der Waals surface area contributed by atoms with Crippen LogP contribution in [-0.2, 0) is 0 Å². The maximum Gasteiger partial charge on any atom is 0.143 e. The van der Waals surface area contributed by atoms with E-state index < -0.39 is 17.5 Å². The highest BCUT2D eigenvalue weighted by atomic mass is 19.1. The molecule has 0 saturated carbocycles. The molecule has 1 heterocycles. The first-order chi connectivity index (χ1) is 25.0. The van der Waals surface area contributed by atoms with E-state index >= 15 is 0 Å². The van der Waals surface area contributed by atoms with Crippen LogP contribution in [0.4, 0.5) is 30.2 Å². The molecule has 0 N–H and O–H groups in total. The summed E-state index contributed by atoms with van der Waals surface area (Å²) in [6.45, 7) is 0. The molecule has 1 aromatic heterocycles. The van der Waals surface area contributed by atoms with Crippen molar-refractivity contribution in [2.45, 2.75) is 0 Å². The van der Waals surface area contributed by atoms with Gasteiger partial charge in [-0.2, -0.15) is 0 Å². The summed E-state index contributed by atoms with van der Waals surface area (Å²) in [7, 11) is 0. The van der Waals surface area contributed by atoms with Crippen molar-refractivity contribution in [2.24, 2.45) is 0 Å². The number of rotatable bonds is 6. The van der Waals surface area contributed by atoms with E-state index in [0.717, 1.165) is 72.0 Å². The van der Waals surface area contributed by atoms with Gasteiger partial charge in [-0.05, 0) is 63.7 Å². The predicted octanol–water partition coefficient (Wildman–Crippen LogP) is 13.6. The fourth-order valence-electron chi connectivity index (χ4n) is 7.19. The summed E-state index contributed by atoms with van der Waals surface area (Å²) in [6, 6.07) is 53.7. The Bertz CT molecular complexity index is 2680. The lowest BCUT2D eigenvalue weighted by molar-refractivity contribution is 0.548. The van der Waals surface area contributed by atoms with Crippen LogP contribution in [0, 0.1) is 17.5 Å². The maximum absolute atomic E-state index is 14.6. The Hall–Kier alpha value is -6.59. The SMILES string of the molecule is Fc1cc(F)c(-c2ccc(N(c3ccccc3)c3ccc(-c4c(-c5ccccc5)oc5c6ccccc6c6ccccc6c45)cc3)cc2)c(F)c1. The first kappa shape index (κ1) is 30.5. The molecular formula is C46H28F3NO. The van der Waals surface area contributed by atoms with Gasteiger partial charge in [-0.15, -0.1) is 0 Å². The standard InChI is InChI=1S/C46H28F3NO/c47-32-27-40(48)42(41(49)28-32)29-19-23-34(24-20-29)50(33-13-5-2-6-14-33)35-25-21-30(22-26-35)43-44-38-17-9-7-15-36(38)37-16-8-10-18-39(37)46(44)51-45(43)31-11-3-1-4-12-31/h1-28H. The number of hydrogen-bond acceptors (Lipinski definition) is 2. The number of fused-ring (bicyclic) bond motifs is 6. The van der Waals surface area contributed by atoms with Gasteiger partial charge in [-0.3, -0.25) is 0 Å². The van der Waals surface area contributed by atoms with Crippen LogP contribution >= 0.6 is 0 Å². The molecule has 244 valence electrons. The molecule has 9 aromatic rings. The molecule has 8 aromatic carbocycles. The van der Waals surface area contributed by atoms with Crippen molar-refractivity contribution in [1.29, 1.82) is 0 Å². The lowest BCUT2D eigenvalue weighted by Gasteiger charge is -2.26. The number of hydrogen-bond donors (Lipinski definition) is 0. The Morgan fingerprint density at radius 3 is 1.43 bits per heavy atom. The van der Waals surface area contributed by atoms with Crippen molar-refractivity contribution in [3.8, 4) is 33.6 Å². The smallest absolute Gasteiger partial charge is 0.143 e. The molecule has 0 aliphatic carbocycles. The first-order valence-corrected chi connectivity index (χ1v) is 16.7. The van der Waals surface area contributed by atoms with Crippen LogP contribution in [0.3, 0.4) is 0 Å². The zero-order valence-corrected chi connectivity index (χ0v) is 27.2. The minimum absolute atomic E-state index is 0.263. The second-order valence-corrected chi connectivity index (χ2v) is 12.5. The lowest BCUT2D eigenvalue weighted by atomic mass is 9.92. The Balaban J connectivity index is 1.21. The molecule has 0 radical (unpaired) electrons. The van der Waals surface area contributed by atoms with Crippen molar-refractivity contribution in [3.05, 3.63) is 187 Å². The van der Waals surface area contributed by atoms with Crippen LogP contribution in [0.1, 0.15) is 0 Å². The molecule has 0 bridgehead atoms. The van der Waals surface area contributed by atoms with Gasteiger partial charge in [0.25, 0.3) is 0 Å². The van der Waals surface area contributed by atoms with E-state index in [-0.39, 0.29) is 5.56 Å². The van der Waals surface area contributed by atoms with Crippen molar-refractivity contribution >= 4 is 49.6 Å². The summed E-state index contributed by atoms with van der Waals surface area (Å²) in [5.41, 5.74) is 6.50. The molecule has 9 rings (SSSR count). The van der Waals surface area contributed by atoms with E-state index in [9.17, 15) is 13.2 Å². The largest absolute Gasteiger partial charge is 0.455 e. The summed E-state index contributed by atoms with van der Waals surface area (Å²) in [4.78, 5) is 2.08. The highest BCUT2D eigenvalue weighted by molar-refractivity contribution is 6.28.